The van der Waals surface area contributed by atoms with Gasteiger partial charge in [-0.3, -0.25) is 9.59 Å². The molecule has 0 radical (unpaired) electrons. The molecule has 0 aromatic carbocycles. The molecule has 1 aliphatic heterocycles. The van der Waals surface area contributed by atoms with Gasteiger partial charge in [0.15, 0.2) is 18.5 Å². The van der Waals surface area contributed by atoms with Crippen LogP contribution in [0.15, 0.2) is 0 Å². The van der Waals surface area contributed by atoms with Crippen molar-refractivity contribution in [1.29, 1.82) is 0 Å². The fraction of sp³-hybridized carbons (Fsp3) is 0.867. The molecular formula is C15H26O7. The molecule has 0 unspecified atom stereocenters. The minimum Gasteiger partial charge on any atom is -0.455 e. The predicted molar refractivity (Wildman–Crippen MR) is 76.6 cm³/mol. The number of hydrogen-bond donors (Lipinski definition) is 2. The molecule has 1 saturated heterocycles. The summed E-state index contributed by atoms with van der Waals surface area (Å²) in [7, 11) is 0. The van der Waals surface area contributed by atoms with Crippen molar-refractivity contribution in [2.45, 2.75) is 66.1 Å². The Hall–Kier alpha value is -1.18. The summed E-state index contributed by atoms with van der Waals surface area (Å²) in [5.41, 5.74) is -1.54. The van der Waals surface area contributed by atoms with Gasteiger partial charge >= 0.3 is 11.9 Å². The number of aliphatic hydroxyl groups excluding tert-OH is 2. The van der Waals surface area contributed by atoms with Crippen LogP contribution in [0, 0.1) is 10.8 Å². The van der Waals surface area contributed by atoms with E-state index in [1.165, 1.54) is 0 Å². The fourth-order valence-corrected chi connectivity index (χ4v) is 1.63. The quantitative estimate of drug-likeness (QED) is 0.719. The summed E-state index contributed by atoms with van der Waals surface area (Å²) in [5.74, 6) is -1.08. The highest BCUT2D eigenvalue weighted by Gasteiger charge is 2.45. The Morgan fingerprint density at radius 1 is 0.955 bits per heavy atom. The summed E-state index contributed by atoms with van der Waals surface area (Å²) in [6.45, 7) is 9.86. The lowest BCUT2D eigenvalue weighted by molar-refractivity contribution is -0.266. The molecule has 0 aromatic heterocycles. The lowest BCUT2D eigenvalue weighted by atomic mass is 9.95. The molecule has 7 nitrogen and oxygen atoms in total. The third-order valence-corrected chi connectivity index (χ3v) is 3.15. The molecule has 0 spiro atoms. The van der Waals surface area contributed by atoms with Crippen LogP contribution in [0.2, 0.25) is 0 Å². The van der Waals surface area contributed by atoms with E-state index in [1.807, 2.05) is 0 Å². The minimum atomic E-state index is -1.50. The van der Waals surface area contributed by atoms with Gasteiger partial charge in [0.2, 0.25) is 0 Å². The van der Waals surface area contributed by atoms with Crippen LogP contribution in [-0.4, -0.2) is 53.4 Å². The van der Waals surface area contributed by atoms with Crippen LogP contribution < -0.4 is 0 Å². The monoisotopic (exact) mass is 318 g/mol. The molecule has 22 heavy (non-hydrogen) atoms. The molecule has 0 bridgehead atoms. The molecule has 0 saturated carbocycles. The fourth-order valence-electron chi connectivity index (χ4n) is 1.63. The standard InChI is InChI=1S/C15H26O7/c1-14(2,3)12(18)21-8-7-20-11(17)9(16)10(8)22-13(19)15(4,5)6/h8-11,16-17H,7H2,1-6H3/t8-,9-,10+,11-/m1/s1. The minimum absolute atomic E-state index is 0.165. The van der Waals surface area contributed by atoms with E-state index >= 15 is 0 Å². The largest absolute Gasteiger partial charge is 0.455 e. The Morgan fingerprint density at radius 3 is 1.86 bits per heavy atom. The zero-order chi connectivity index (χ0) is 17.3. The zero-order valence-electron chi connectivity index (χ0n) is 14.0. The van der Waals surface area contributed by atoms with Crippen molar-refractivity contribution in [3.63, 3.8) is 0 Å². The SMILES string of the molecule is CC(C)(C)C(=O)O[C@@H]1[C@@H](O)[C@H](O)OC[C@H]1OC(=O)C(C)(C)C. The maximum Gasteiger partial charge on any atom is 0.311 e. The van der Waals surface area contributed by atoms with Crippen molar-refractivity contribution in [3.8, 4) is 0 Å². The maximum absolute atomic E-state index is 12.0. The van der Waals surface area contributed by atoms with Crippen LogP contribution in [0.5, 0.6) is 0 Å². The summed E-state index contributed by atoms with van der Waals surface area (Å²) in [6, 6.07) is 0. The van der Waals surface area contributed by atoms with Gasteiger partial charge in [-0.25, -0.2) is 0 Å². The van der Waals surface area contributed by atoms with E-state index < -0.39 is 47.4 Å². The summed E-state index contributed by atoms with van der Waals surface area (Å²) < 4.78 is 15.5. The predicted octanol–water partition coefficient (Wildman–Crippen LogP) is 0.612. The summed E-state index contributed by atoms with van der Waals surface area (Å²) in [4.78, 5) is 24.0. The van der Waals surface area contributed by atoms with Gasteiger partial charge in [-0.05, 0) is 41.5 Å². The Labute approximate surface area is 130 Å². The lowest BCUT2D eigenvalue weighted by Gasteiger charge is -2.38. The first kappa shape index (κ1) is 18.9. The first-order valence-corrected chi connectivity index (χ1v) is 7.24. The van der Waals surface area contributed by atoms with Crippen molar-refractivity contribution < 1.29 is 34.0 Å². The van der Waals surface area contributed by atoms with Crippen LogP contribution in [0.3, 0.4) is 0 Å². The van der Waals surface area contributed by atoms with Crippen LogP contribution >= 0.6 is 0 Å². The van der Waals surface area contributed by atoms with E-state index in [1.54, 1.807) is 41.5 Å². The van der Waals surface area contributed by atoms with Crippen molar-refractivity contribution in [1.82, 2.24) is 0 Å². The van der Waals surface area contributed by atoms with Gasteiger partial charge in [0.25, 0.3) is 0 Å². The second-order valence-electron chi connectivity index (χ2n) is 7.53. The van der Waals surface area contributed by atoms with Crippen LogP contribution in [0.1, 0.15) is 41.5 Å². The molecule has 1 aliphatic rings. The van der Waals surface area contributed by atoms with Gasteiger partial charge < -0.3 is 24.4 Å². The Kier molecular flexibility index (Phi) is 5.59. The zero-order valence-corrected chi connectivity index (χ0v) is 14.0. The van der Waals surface area contributed by atoms with Crippen LogP contribution in [0.4, 0.5) is 0 Å². The number of hydrogen-bond acceptors (Lipinski definition) is 7. The van der Waals surface area contributed by atoms with E-state index in [2.05, 4.69) is 0 Å². The summed E-state index contributed by atoms with van der Waals surface area (Å²) >= 11 is 0. The number of ether oxygens (including phenoxy) is 3. The first-order valence-electron chi connectivity index (χ1n) is 7.24. The maximum atomic E-state index is 12.0. The molecule has 2 N–H and O–H groups in total. The van der Waals surface area contributed by atoms with E-state index in [4.69, 9.17) is 14.2 Å². The first-order chi connectivity index (χ1) is 9.84. The van der Waals surface area contributed by atoms with Crippen LogP contribution in [-0.2, 0) is 23.8 Å². The third-order valence-electron chi connectivity index (χ3n) is 3.15. The number of aliphatic hydroxyl groups is 2. The number of rotatable bonds is 2. The van der Waals surface area contributed by atoms with Gasteiger partial charge in [0.1, 0.15) is 6.10 Å². The van der Waals surface area contributed by atoms with Gasteiger partial charge in [-0.1, -0.05) is 0 Å². The molecule has 7 heteroatoms. The molecule has 0 amide bonds. The highest BCUT2D eigenvalue weighted by atomic mass is 16.7. The highest BCUT2D eigenvalue weighted by molar-refractivity contribution is 5.76. The number of carbonyl (C=O) groups is 2. The molecule has 1 heterocycles. The Morgan fingerprint density at radius 2 is 1.41 bits per heavy atom. The molecule has 4 atom stereocenters. The third kappa shape index (κ3) is 4.66. The van der Waals surface area contributed by atoms with Crippen LogP contribution in [0.25, 0.3) is 0 Å². The van der Waals surface area contributed by atoms with Crippen molar-refractivity contribution >= 4 is 11.9 Å². The molecule has 128 valence electrons. The van der Waals surface area contributed by atoms with Crippen molar-refractivity contribution in [2.75, 3.05) is 6.61 Å². The van der Waals surface area contributed by atoms with Gasteiger partial charge in [-0.2, -0.15) is 0 Å². The number of esters is 2. The lowest BCUT2D eigenvalue weighted by Crippen LogP contribution is -2.57. The summed E-state index contributed by atoms with van der Waals surface area (Å²) in [5, 5.41) is 19.6. The molecule has 0 aliphatic carbocycles. The van der Waals surface area contributed by atoms with E-state index in [9.17, 15) is 19.8 Å². The summed E-state index contributed by atoms with van der Waals surface area (Å²) in [6.07, 6.45) is -5.14. The molecule has 1 fully saturated rings. The Bertz CT molecular complexity index is 419. The topological polar surface area (TPSA) is 102 Å². The Balaban J connectivity index is 2.89. The van der Waals surface area contributed by atoms with Gasteiger partial charge in [0, 0.05) is 0 Å². The van der Waals surface area contributed by atoms with E-state index in [0.29, 0.717) is 0 Å². The van der Waals surface area contributed by atoms with Crippen molar-refractivity contribution in [2.24, 2.45) is 10.8 Å². The molecular weight excluding hydrogens is 292 g/mol. The second kappa shape index (κ2) is 6.52. The smallest absolute Gasteiger partial charge is 0.311 e. The number of carbonyl (C=O) groups excluding carboxylic acids is 2. The second-order valence-corrected chi connectivity index (χ2v) is 7.53. The van der Waals surface area contributed by atoms with E-state index in [-0.39, 0.29) is 6.61 Å². The normalized spacial score (nSPS) is 29.8. The average Bonchev–Trinajstić information content (AvgIpc) is 2.35. The molecule has 1 rings (SSSR count). The molecule has 0 aromatic rings. The van der Waals surface area contributed by atoms with E-state index in [0.717, 1.165) is 0 Å². The highest BCUT2D eigenvalue weighted by Crippen LogP contribution is 2.26. The van der Waals surface area contributed by atoms with Gasteiger partial charge in [-0.15, -0.1) is 0 Å². The van der Waals surface area contributed by atoms with Crippen molar-refractivity contribution in [3.05, 3.63) is 0 Å². The van der Waals surface area contributed by atoms with Gasteiger partial charge in [0.05, 0.1) is 17.4 Å². The average molecular weight is 318 g/mol.